The van der Waals surface area contributed by atoms with Crippen LogP contribution in [0.1, 0.15) is 56.2 Å². The van der Waals surface area contributed by atoms with Gasteiger partial charge in [0.15, 0.2) is 11.6 Å². The molecule has 0 bridgehead atoms. The Morgan fingerprint density at radius 1 is 0.750 bits per heavy atom. The summed E-state index contributed by atoms with van der Waals surface area (Å²) < 4.78 is 2.21. The topological polar surface area (TPSA) is 54.5 Å². The minimum Gasteiger partial charge on any atom is -0.274 e. The summed E-state index contributed by atoms with van der Waals surface area (Å²) in [5.74, 6) is 2.29. The van der Waals surface area contributed by atoms with Gasteiger partial charge in [-0.2, -0.15) is 5.26 Å². The van der Waals surface area contributed by atoms with Crippen LogP contribution in [0.3, 0.4) is 0 Å². The lowest BCUT2D eigenvalue weighted by atomic mass is 9.92. The van der Waals surface area contributed by atoms with Gasteiger partial charge < -0.3 is 0 Å². The first kappa shape index (κ1) is 21.5. The van der Waals surface area contributed by atoms with Gasteiger partial charge in [0.2, 0.25) is 0 Å². The van der Waals surface area contributed by atoms with Crippen LogP contribution in [0.5, 0.6) is 0 Å². The zero-order chi connectivity index (χ0) is 22.7. The Morgan fingerprint density at radius 3 is 1.91 bits per heavy atom. The summed E-state index contributed by atoms with van der Waals surface area (Å²) in [6.45, 7) is 8.90. The minimum atomic E-state index is 0.340. The second kappa shape index (κ2) is 9.20. The van der Waals surface area contributed by atoms with E-state index in [9.17, 15) is 5.26 Å². The van der Waals surface area contributed by atoms with Crippen LogP contribution < -0.4 is 0 Å². The molecule has 0 atom stereocenters. The smallest absolute Gasteiger partial charge is 0.168 e. The van der Waals surface area contributed by atoms with Crippen molar-refractivity contribution in [1.82, 2.24) is 14.8 Å². The summed E-state index contributed by atoms with van der Waals surface area (Å²) in [6, 6.07) is 27.1. The van der Waals surface area contributed by atoms with Gasteiger partial charge in [0.1, 0.15) is 0 Å². The molecule has 0 amide bonds. The number of hydrogen-bond acceptors (Lipinski definition) is 3. The second-order valence-corrected chi connectivity index (χ2v) is 8.68. The molecule has 0 unspecified atom stereocenters. The lowest BCUT2D eigenvalue weighted by molar-refractivity contribution is 0.807. The molecule has 0 fully saturated rings. The van der Waals surface area contributed by atoms with Crippen molar-refractivity contribution in [1.29, 1.82) is 5.26 Å². The maximum Gasteiger partial charge on any atom is 0.168 e. The lowest BCUT2D eigenvalue weighted by Crippen LogP contribution is -2.10. The van der Waals surface area contributed by atoms with Gasteiger partial charge in [-0.05, 0) is 34.6 Å². The molecule has 0 aliphatic rings. The van der Waals surface area contributed by atoms with Gasteiger partial charge in [-0.1, -0.05) is 94.4 Å². The molecule has 32 heavy (non-hydrogen) atoms. The SMILES string of the molecule is CC(C)c1cccc(C(C)C)c1-n1c(-c2ccccc2)nnc1-c1cccc(CC#N)c1. The van der Waals surface area contributed by atoms with E-state index in [2.05, 4.69) is 78.9 Å². The normalized spacial score (nSPS) is 11.2. The summed E-state index contributed by atoms with van der Waals surface area (Å²) in [4.78, 5) is 0. The van der Waals surface area contributed by atoms with Crippen molar-refractivity contribution in [2.45, 2.75) is 46.0 Å². The first-order valence-electron chi connectivity index (χ1n) is 11.1. The van der Waals surface area contributed by atoms with E-state index in [-0.39, 0.29) is 0 Å². The van der Waals surface area contributed by atoms with Gasteiger partial charge in [0.05, 0.1) is 18.2 Å². The van der Waals surface area contributed by atoms with Crippen molar-refractivity contribution in [3.63, 3.8) is 0 Å². The van der Waals surface area contributed by atoms with E-state index in [1.165, 1.54) is 11.1 Å². The molecule has 4 rings (SSSR count). The van der Waals surface area contributed by atoms with Crippen molar-refractivity contribution in [2.24, 2.45) is 0 Å². The summed E-state index contributed by atoms with van der Waals surface area (Å²) in [5, 5.41) is 18.5. The molecule has 4 aromatic rings. The Morgan fingerprint density at radius 2 is 1.31 bits per heavy atom. The summed E-state index contributed by atoms with van der Waals surface area (Å²) in [7, 11) is 0. The molecule has 1 heterocycles. The molecule has 160 valence electrons. The van der Waals surface area contributed by atoms with Crippen molar-refractivity contribution >= 4 is 0 Å². The minimum absolute atomic E-state index is 0.340. The van der Waals surface area contributed by atoms with Crippen LogP contribution in [0.4, 0.5) is 0 Å². The molecule has 0 saturated heterocycles. The first-order valence-corrected chi connectivity index (χ1v) is 11.1. The monoisotopic (exact) mass is 420 g/mol. The Labute approximate surface area is 190 Å². The molecule has 0 aliphatic carbocycles. The van der Waals surface area contributed by atoms with Crippen LogP contribution in [0.2, 0.25) is 0 Å². The van der Waals surface area contributed by atoms with Crippen LogP contribution >= 0.6 is 0 Å². The molecule has 0 spiro atoms. The quantitative estimate of drug-likeness (QED) is 0.340. The van der Waals surface area contributed by atoms with Crippen LogP contribution in [0, 0.1) is 11.3 Å². The Balaban J connectivity index is 2.07. The zero-order valence-electron chi connectivity index (χ0n) is 19.1. The van der Waals surface area contributed by atoms with E-state index in [1.807, 2.05) is 42.5 Å². The maximum absolute atomic E-state index is 9.18. The van der Waals surface area contributed by atoms with E-state index in [4.69, 9.17) is 0 Å². The highest BCUT2D eigenvalue weighted by Crippen LogP contribution is 2.37. The first-order chi connectivity index (χ1) is 15.5. The zero-order valence-corrected chi connectivity index (χ0v) is 19.1. The highest BCUT2D eigenvalue weighted by atomic mass is 15.3. The fourth-order valence-corrected chi connectivity index (χ4v) is 4.14. The van der Waals surface area contributed by atoms with Crippen LogP contribution in [-0.4, -0.2) is 14.8 Å². The highest BCUT2D eigenvalue weighted by molar-refractivity contribution is 5.69. The number of benzene rings is 3. The third-order valence-electron chi connectivity index (χ3n) is 5.73. The highest BCUT2D eigenvalue weighted by Gasteiger charge is 2.23. The van der Waals surface area contributed by atoms with Crippen LogP contribution in [0.25, 0.3) is 28.5 Å². The molecule has 4 nitrogen and oxygen atoms in total. The number of nitrogens with zero attached hydrogens (tertiary/aromatic N) is 4. The largest absolute Gasteiger partial charge is 0.274 e. The summed E-state index contributed by atoms with van der Waals surface area (Å²) in [6.07, 6.45) is 0.368. The lowest BCUT2D eigenvalue weighted by Gasteiger charge is -2.23. The molecule has 0 radical (unpaired) electrons. The van der Waals surface area contributed by atoms with Crippen LogP contribution in [0.15, 0.2) is 72.8 Å². The van der Waals surface area contributed by atoms with Crippen molar-refractivity contribution < 1.29 is 0 Å². The van der Waals surface area contributed by atoms with Gasteiger partial charge in [0.25, 0.3) is 0 Å². The van der Waals surface area contributed by atoms with Crippen molar-refractivity contribution in [3.05, 3.63) is 89.5 Å². The molecule has 0 saturated carbocycles. The molecular formula is C28H28N4. The number of rotatable bonds is 6. The molecule has 0 N–H and O–H groups in total. The van der Waals surface area contributed by atoms with Gasteiger partial charge in [-0.15, -0.1) is 10.2 Å². The summed E-state index contributed by atoms with van der Waals surface area (Å²) >= 11 is 0. The van der Waals surface area contributed by atoms with Crippen molar-refractivity contribution in [3.8, 4) is 34.5 Å². The van der Waals surface area contributed by atoms with E-state index in [0.29, 0.717) is 18.3 Å². The fourth-order valence-electron chi connectivity index (χ4n) is 4.14. The fraction of sp³-hybridized carbons (Fsp3) is 0.250. The third-order valence-corrected chi connectivity index (χ3v) is 5.73. The Hall–Kier alpha value is -3.71. The predicted octanol–water partition coefficient (Wildman–Crippen LogP) is 6.91. The number of hydrogen-bond donors (Lipinski definition) is 0. The van der Waals surface area contributed by atoms with Gasteiger partial charge in [0, 0.05) is 11.1 Å². The number of nitriles is 1. The van der Waals surface area contributed by atoms with Gasteiger partial charge >= 0.3 is 0 Å². The van der Waals surface area contributed by atoms with E-state index >= 15 is 0 Å². The number of para-hydroxylation sites is 1. The Bertz CT molecular complexity index is 1230. The average molecular weight is 421 g/mol. The van der Waals surface area contributed by atoms with E-state index < -0.39 is 0 Å². The Kier molecular flexibility index (Phi) is 6.18. The molecule has 1 aromatic heterocycles. The van der Waals surface area contributed by atoms with E-state index in [1.54, 1.807) is 0 Å². The second-order valence-electron chi connectivity index (χ2n) is 8.68. The third kappa shape index (κ3) is 4.07. The van der Waals surface area contributed by atoms with Crippen LogP contribution in [-0.2, 0) is 6.42 Å². The van der Waals surface area contributed by atoms with Gasteiger partial charge in [-0.25, -0.2) is 0 Å². The average Bonchev–Trinajstić information content (AvgIpc) is 3.24. The molecular weight excluding hydrogens is 392 g/mol. The summed E-state index contributed by atoms with van der Waals surface area (Å²) in [5.41, 5.74) is 6.64. The standard InChI is InChI=1S/C28H28N4/c1-19(2)24-14-9-15-25(20(3)4)26(24)32-27(22-11-6-5-7-12-22)30-31-28(32)23-13-8-10-21(18-23)16-17-29/h5-15,18-20H,16H2,1-4H3. The maximum atomic E-state index is 9.18. The van der Waals surface area contributed by atoms with Crippen molar-refractivity contribution in [2.75, 3.05) is 0 Å². The number of aromatic nitrogens is 3. The molecule has 0 aliphatic heterocycles. The van der Waals surface area contributed by atoms with E-state index in [0.717, 1.165) is 34.0 Å². The molecule has 4 heteroatoms. The predicted molar refractivity (Wildman–Crippen MR) is 130 cm³/mol. The molecule has 3 aromatic carbocycles. The van der Waals surface area contributed by atoms with Gasteiger partial charge in [-0.3, -0.25) is 4.57 Å².